The molecule has 4 atom stereocenters. The van der Waals surface area contributed by atoms with E-state index in [2.05, 4.69) is 22.3 Å². The Bertz CT molecular complexity index is 1470. The molecule has 45 heavy (non-hydrogen) atoms. The van der Waals surface area contributed by atoms with Crippen molar-refractivity contribution in [2.24, 2.45) is 0 Å². The third-order valence-electron chi connectivity index (χ3n) is 8.16. The number of nitrogens with zero attached hydrogens (tertiary/aromatic N) is 4. The maximum Gasteiger partial charge on any atom is 0.407 e. The second kappa shape index (κ2) is 14.3. The number of thioether (sulfide) groups is 1. The molecule has 3 aliphatic rings. The van der Waals surface area contributed by atoms with Crippen molar-refractivity contribution in [2.45, 2.75) is 70.0 Å². The first-order valence-electron chi connectivity index (χ1n) is 15.3. The van der Waals surface area contributed by atoms with Crippen LogP contribution in [0.3, 0.4) is 0 Å². The summed E-state index contributed by atoms with van der Waals surface area (Å²) in [6, 6.07) is 10.3. The zero-order valence-corrected chi connectivity index (χ0v) is 27.3. The van der Waals surface area contributed by atoms with Gasteiger partial charge in [0.2, 0.25) is 0 Å². The lowest BCUT2D eigenvalue weighted by atomic mass is 10.1. The minimum Gasteiger partial charge on any atom is -0.456 e. The van der Waals surface area contributed by atoms with E-state index in [0.29, 0.717) is 34.5 Å². The molecule has 2 aromatic heterocycles. The van der Waals surface area contributed by atoms with Crippen molar-refractivity contribution in [3.05, 3.63) is 35.4 Å². The summed E-state index contributed by atoms with van der Waals surface area (Å²) in [5.41, 5.74) is 3.75. The summed E-state index contributed by atoms with van der Waals surface area (Å²) in [6.45, 7) is 6.67. The number of ether oxygens (including phenoxy) is 5. The van der Waals surface area contributed by atoms with Crippen LogP contribution >= 0.6 is 23.4 Å². The number of aromatic nitrogens is 3. The van der Waals surface area contributed by atoms with Gasteiger partial charge in [-0.2, -0.15) is 16.7 Å². The van der Waals surface area contributed by atoms with Crippen molar-refractivity contribution in [1.82, 2.24) is 19.9 Å². The monoisotopic (exact) mass is 661 g/mol. The minimum absolute atomic E-state index is 0.0479. The fourth-order valence-corrected chi connectivity index (χ4v) is 6.41. The van der Waals surface area contributed by atoms with Crippen LogP contribution in [0.2, 0.25) is 5.02 Å². The number of alkyl carbamates (subject to hydrolysis) is 1. The third kappa shape index (κ3) is 7.28. The average Bonchev–Trinajstić information content (AvgIpc) is 3.69. The van der Waals surface area contributed by atoms with Crippen LogP contribution in [-0.2, 0) is 25.7 Å². The summed E-state index contributed by atoms with van der Waals surface area (Å²) in [4.78, 5) is 23.9. The third-order valence-corrected chi connectivity index (χ3v) is 9.02. The second-order valence-electron chi connectivity index (χ2n) is 11.8. The lowest BCUT2D eigenvalue weighted by Gasteiger charge is -2.33. The van der Waals surface area contributed by atoms with Gasteiger partial charge >= 0.3 is 12.1 Å². The molecule has 5 heterocycles. The second-order valence-corrected chi connectivity index (χ2v) is 13.2. The van der Waals surface area contributed by atoms with Crippen LogP contribution in [0.5, 0.6) is 6.01 Å². The van der Waals surface area contributed by atoms with Gasteiger partial charge in [0.25, 0.3) is 0 Å². The van der Waals surface area contributed by atoms with Crippen LogP contribution in [0.4, 0.5) is 10.5 Å². The predicted molar refractivity (Wildman–Crippen MR) is 172 cm³/mol. The van der Waals surface area contributed by atoms with E-state index in [0.717, 1.165) is 42.9 Å². The van der Waals surface area contributed by atoms with Crippen molar-refractivity contribution in [3.8, 4) is 17.3 Å². The van der Waals surface area contributed by atoms with Crippen molar-refractivity contribution < 1.29 is 33.6 Å². The Morgan fingerprint density at radius 3 is 2.64 bits per heavy atom. The lowest BCUT2D eigenvalue weighted by molar-refractivity contribution is 0.00344. The quantitative estimate of drug-likeness (QED) is 0.288. The van der Waals surface area contributed by atoms with Gasteiger partial charge in [0.15, 0.2) is 11.8 Å². The predicted octanol–water partition coefficient (Wildman–Crippen LogP) is 4.10. The number of carbonyl (C=O) groups excluding carboxylic acids is 1. The number of hydrogen-bond donors (Lipinski definition) is 2. The van der Waals surface area contributed by atoms with E-state index >= 15 is 0 Å². The number of fused-ring (bicyclic) bond motifs is 2. The Morgan fingerprint density at radius 1 is 1.16 bits per heavy atom. The van der Waals surface area contributed by atoms with E-state index in [9.17, 15) is 9.90 Å². The fourth-order valence-electron chi connectivity index (χ4n) is 5.87. The Balaban J connectivity index is 1.18. The van der Waals surface area contributed by atoms with Crippen LogP contribution in [0.1, 0.15) is 26.7 Å². The molecule has 3 aliphatic heterocycles. The molecule has 0 spiro atoms. The van der Waals surface area contributed by atoms with Gasteiger partial charge in [-0.1, -0.05) is 23.7 Å². The van der Waals surface area contributed by atoms with Crippen molar-refractivity contribution in [2.75, 3.05) is 49.8 Å². The molecular weight excluding hydrogens is 622 g/mol. The Hall–Kier alpha value is -2.81. The Morgan fingerprint density at radius 2 is 1.91 bits per heavy atom. The van der Waals surface area contributed by atoms with Gasteiger partial charge in [0.05, 0.1) is 30.5 Å². The highest BCUT2D eigenvalue weighted by Gasteiger charge is 2.49. The molecule has 3 aromatic rings. The fraction of sp³-hybridized carbons (Fsp3) is 0.581. The molecule has 14 heteroatoms. The number of rotatable bonds is 11. The average molecular weight is 662 g/mol. The molecule has 3 fully saturated rings. The van der Waals surface area contributed by atoms with E-state index in [4.69, 9.17) is 45.3 Å². The van der Waals surface area contributed by atoms with Crippen LogP contribution in [0.25, 0.3) is 22.4 Å². The first kappa shape index (κ1) is 32.1. The Kier molecular flexibility index (Phi) is 10.2. The molecule has 0 radical (unpaired) electrons. The lowest BCUT2D eigenvalue weighted by Crippen LogP contribution is -2.40. The zero-order chi connectivity index (χ0) is 31.5. The molecule has 1 unspecified atom stereocenters. The SMILES string of the molecule is CSCCOCn1c(O[C@@H]2CO[C@@H]3C(O)CO[C@@H]32)nc2cc(Cl)c(-c3ccc(N4CCC(OC(=O)NC(C)C)CC4)cc3)nc21. The highest BCUT2D eigenvalue weighted by atomic mass is 35.5. The highest BCUT2D eigenvalue weighted by molar-refractivity contribution is 7.98. The summed E-state index contributed by atoms with van der Waals surface area (Å²) in [5.74, 6) is 0.851. The van der Waals surface area contributed by atoms with Crippen LogP contribution < -0.4 is 15.0 Å². The van der Waals surface area contributed by atoms with E-state index < -0.39 is 18.3 Å². The first-order valence-corrected chi connectivity index (χ1v) is 17.1. The summed E-state index contributed by atoms with van der Waals surface area (Å²) >= 11 is 8.47. The largest absolute Gasteiger partial charge is 0.456 e. The molecule has 1 aromatic carbocycles. The number of nitrogens with one attached hydrogen (secondary N) is 1. The molecule has 2 N–H and O–H groups in total. The number of aliphatic hydroxyl groups excluding tert-OH is 1. The number of anilines is 1. The number of hydrogen-bond acceptors (Lipinski definition) is 11. The molecule has 244 valence electrons. The number of carbonyl (C=O) groups is 1. The maximum absolute atomic E-state index is 12.0. The molecule has 1 amide bonds. The minimum atomic E-state index is -0.671. The summed E-state index contributed by atoms with van der Waals surface area (Å²) in [5, 5.41) is 13.4. The standard InChI is InChI=1S/C31H40ClN5O7S/c1-18(2)33-31(39)43-21-8-10-36(11-9-21)20-6-4-19(5-7-20)26-22(32)14-23-29(35-26)37(17-40-12-13-45-3)30(34-23)44-25-16-42-27-24(38)15-41-28(25)27/h4-7,14,18,21,24-25,27-28,38H,8-13,15-17H2,1-3H3,(H,33,39)/t24?,25-,27-,28-/m1/s1. The van der Waals surface area contributed by atoms with Crippen LogP contribution in [-0.4, -0.2) is 107 Å². The number of piperidine rings is 1. The van der Waals surface area contributed by atoms with Crippen LogP contribution in [0, 0.1) is 0 Å². The number of pyridine rings is 1. The summed E-state index contributed by atoms with van der Waals surface area (Å²) in [7, 11) is 0. The van der Waals surface area contributed by atoms with Gasteiger partial charge < -0.3 is 39.0 Å². The Labute approximate surface area is 271 Å². The van der Waals surface area contributed by atoms with E-state index in [-0.39, 0.29) is 44.3 Å². The van der Waals surface area contributed by atoms with Gasteiger partial charge in [-0.05, 0) is 38.3 Å². The van der Waals surface area contributed by atoms with Crippen molar-refractivity contribution in [3.63, 3.8) is 0 Å². The summed E-state index contributed by atoms with van der Waals surface area (Å²) < 4.78 is 31.1. The van der Waals surface area contributed by atoms with E-state index in [1.54, 1.807) is 22.4 Å². The van der Waals surface area contributed by atoms with Gasteiger partial charge in [0.1, 0.15) is 36.7 Å². The first-order chi connectivity index (χ1) is 21.8. The molecule has 3 saturated heterocycles. The van der Waals surface area contributed by atoms with Crippen molar-refractivity contribution >= 4 is 46.3 Å². The molecular formula is C31H40ClN5O7S. The number of aliphatic hydroxyl groups is 1. The van der Waals surface area contributed by atoms with Gasteiger partial charge in [-0.15, -0.1) is 0 Å². The number of amides is 1. The normalized spacial score (nSPS) is 23.6. The maximum atomic E-state index is 12.0. The summed E-state index contributed by atoms with van der Waals surface area (Å²) in [6.07, 6.45) is 1.24. The van der Waals surface area contributed by atoms with E-state index in [1.807, 2.05) is 32.2 Å². The van der Waals surface area contributed by atoms with Gasteiger partial charge in [-0.25, -0.2) is 9.78 Å². The zero-order valence-electron chi connectivity index (χ0n) is 25.7. The highest BCUT2D eigenvalue weighted by Crippen LogP contribution is 2.35. The number of benzene rings is 1. The molecule has 12 nitrogen and oxygen atoms in total. The topological polar surface area (TPSA) is 129 Å². The van der Waals surface area contributed by atoms with Crippen molar-refractivity contribution in [1.29, 1.82) is 0 Å². The number of halogens is 1. The van der Waals surface area contributed by atoms with Gasteiger partial charge in [0, 0.05) is 49.0 Å². The van der Waals surface area contributed by atoms with Gasteiger partial charge in [-0.3, -0.25) is 4.57 Å². The van der Waals surface area contributed by atoms with E-state index in [1.165, 1.54) is 0 Å². The molecule has 0 aliphatic carbocycles. The smallest absolute Gasteiger partial charge is 0.407 e. The number of imidazole rings is 1. The molecule has 0 saturated carbocycles. The molecule has 6 rings (SSSR count). The van der Waals surface area contributed by atoms with Crippen LogP contribution in [0.15, 0.2) is 30.3 Å². The molecule has 0 bridgehead atoms.